The maximum absolute atomic E-state index is 5.85. The Labute approximate surface area is 196 Å². The van der Waals surface area contributed by atoms with Gasteiger partial charge in [-0.25, -0.2) is 4.98 Å². The monoisotopic (exact) mass is 433 g/mol. The average Bonchev–Trinajstić information content (AvgIpc) is 3.15. The summed E-state index contributed by atoms with van der Waals surface area (Å²) in [4.78, 5) is 4.84. The number of rotatable bonds is 7. The molecule has 0 saturated carbocycles. The van der Waals surface area contributed by atoms with Crippen LogP contribution < -0.4 is 5.73 Å². The van der Waals surface area contributed by atoms with Crippen LogP contribution in [0, 0.1) is 6.92 Å². The quantitative estimate of drug-likeness (QED) is 0.317. The zero-order valence-corrected chi connectivity index (χ0v) is 19.7. The molecular formula is C30H31N3. The highest BCUT2D eigenvalue weighted by atomic mass is 15.1. The van der Waals surface area contributed by atoms with Gasteiger partial charge in [0.15, 0.2) is 0 Å². The predicted molar refractivity (Wildman–Crippen MR) is 142 cm³/mol. The van der Waals surface area contributed by atoms with Crippen molar-refractivity contribution in [2.45, 2.75) is 26.7 Å². The van der Waals surface area contributed by atoms with Crippen molar-refractivity contribution in [3.05, 3.63) is 113 Å². The van der Waals surface area contributed by atoms with E-state index < -0.39 is 0 Å². The summed E-state index contributed by atoms with van der Waals surface area (Å²) < 4.78 is 2.13. The lowest BCUT2D eigenvalue weighted by molar-refractivity contribution is 0.938. The smallest absolute Gasteiger partial charge is 0.140 e. The molecule has 3 heteroatoms. The van der Waals surface area contributed by atoms with E-state index in [1.54, 1.807) is 0 Å². The first-order chi connectivity index (χ1) is 15.9. The van der Waals surface area contributed by atoms with E-state index in [2.05, 4.69) is 97.8 Å². The fourth-order valence-corrected chi connectivity index (χ4v) is 3.99. The molecule has 4 aromatic rings. The number of nitrogens with two attached hydrogens (primary N) is 1. The number of aromatic nitrogens is 2. The molecule has 0 atom stereocenters. The summed E-state index contributed by atoms with van der Waals surface area (Å²) >= 11 is 0. The van der Waals surface area contributed by atoms with E-state index in [9.17, 15) is 0 Å². The molecule has 1 heterocycles. The normalized spacial score (nSPS) is 12.0. The number of fused-ring (bicyclic) bond motifs is 1. The van der Waals surface area contributed by atoms with Crippen LogP contribution in [0.5, 0.6) is 0 Å². The largest absolute Gasteiger partial charge is 0.399 e. The summed E-state index contributed by atoms with van der Waals surface area (Å²) in [6.45, 7) is 8.16. The van der Waals surface area contributed by atoms with Crippen LogP contribution in [0.3, 0.4) is 0 Å². The van der Waals surface area contributed by atoms with E-state index in [4.69, 9.17) is 10.7 Å². The first-order valence-corrected chi connectivity index (χ1v) is 11.3. The van der Waals surface area contributed by atoms with Crippen molar-refractivity contribution in [2.75, 3.05) is 0 Å². The third-order valence-corrected chi connectivity index (χ3v) is 6.12. The zero-order valence-electron chi connectivity index (χ0n) is 19.7. The van der Waals surface area contributed by atoms with Gasteiger partial charge in [0.05, 0.1) is 11.0 Å². The third kappa shape index (κ3) is 5.15. The summed E-state index contributed by atoms with van der Waals surface area (Å²) in [5, 5.41) is 0. The van der Waals surface area contributed by atoms with Gasteiger partial charge in [-0.15, -0.1) is 0 Å². The zero-order chi connectivity index (χ0) is 23.4. The third-order valence-electron chi connectivity index (χ3n) is 6.12. The lowest BCUT2D eigenvalue weighted by Gasteiger charge is -2.06. The Bertz CT molecular complexity index is 1350. The van der Waals surface area contributed by atoms with Crippen molar-refractivity contribution >= 4 is 22.8 Å². The molecule has 0 aliphatic carbocycles. The van der Waals surface area contributed by atoms with Crippen LogP contribution in [0.25, 0.3) is 34.2 Å². The summed E-state index contributed by atoms with van der Waals surface area (Å²) in [6, 6.07) is 23.2. The van der Waals surface area contributed by atoms with Gasteiger partial charge in [0, 0.05) is 18.3 Å². The number of aryl methyl sites for hydroxylation is 3. The molecule has 0 bridgehead atoms. The second-order valence-corrected chi connectivity index (χ2v) is 8.65. The van der Waals surface area contributed by atoms with Gasteiger partial charge in [-0.2, -0.15) is 0 Å². The van der Waals surface area contributed by atoms with Crippen LogP contribution in [0.2, 0.25) is 0 Å². The lowest BCUT2D eigenvalue weighted by atomic mass is 10.0. The Morgan fingerprint density at radius 1 is 1.06 bits per heavy atom. The minimum absolute atomic E-state index is 0.559. The maximum Gasteiger partial charge on any atom is 0.140 e. The van der Waals surface area contributed by atoms with Crippen LogP contribution in [-0.4, -0.2) is 9.55 Å². The number of allylic oxidation sites excluding steroid dienone is 3. The fraction of sp³-hybridized carbons (Fsp3) is 0.167. The Kier molecular flexibility index (Phi) is 6.60. The molecule has 0 radical (unpaired) electrons. The number of nitrogens with zero attached hydrogens (tertiary/aromatic N) is 2. The molecule has 0 unspecified atom stereocenters. The molecule has 0 aliphatic heterocycles. The molecule has 0 aliphatic rings. The molecule has 3 aromatic carbocycles. The Hall–Kier alpha value is -3.85. The molecule has 0 saturated heterocycles. The number of hydrogen-bond acceptors (Lipinski definition) is 2. The summed E-state index contributed by atoms with van der Waals surface area (Å²) in [5.41, 5.74) is 15.7. The average molecular weight is 434 g/mol. The molecular weight excluding hydrogens is 402 g/mol. The van der Waals surface area contributed by atoms with E-state index in [1.165, 1.54) is 22.3 Å². The van der Waals surface area contributed by atoms with Gasteiger partial charge in [0.2, 0.25) is 0 Å². The van der Waals surface area contributed by atoms with E-state index in [1.807, 2.05) is 19.2 Å². The van der Waals surface area contributed by atoms with Crippen molar-refractivity contribution in [1.82, 2.24) is 9.55 Å². The first-order valence-electron chi connectivity index (χ1n) is 11.3. The highest BCUT2D eigenvalue weighted by Crippen LogP contribution is 2.26. The highest BCUT2D eigenvalue weighted by Gasteiger charge is 2.11. The number of hydrogen-bond donors (Lipinski definition) is 1. The van der Waals surface area contributed by atoms with Gasteiger partial charge in [-0.05, 0) is 61.1 Å². The molecule has 4 rings (SSSR count). The van der Waals surface area contributed by atoms with E-state index in [0.717, 1.165) is 40.8 Å². The van der Waals surface area contributed by atoms with Crippen LogP contribution in [0.1, 0.15) is 35.6 Å². The molecule has 0 amide bonds. The lowest BCUT2D eigenvalue weighted by Crippen LogP contribution is -1.94. The molecule has 166 valence electrons. The molecule has 1 aromatic heterocycles. The van der Waals surface area contributed by atoms with Crippen molar-refractivity contribution in [1.29, 1.82) is 0 Å². The highest BCUT2D eigenvalue weighted by molar-refractivity contribution is 5.84. The van der Waals surface area contributed by atoms with Gasteiger partial charge in [-0.1, -0.05) is 85.0 Å². The second kappa shape index (κ2) is 9.74. The van der Waals surface area contributed by atoms with Crippen LogP contribution in [-0.2, 0) is 13.5 Å². The second-order valence-electron chi connectivity index (χ2n) is 8.65. The maximum atomic E-state index is 5.85. The van der Waals surface area contributed by atoms with Gasteiger partial charge < -0.3 is 10.3 Å². The van der Waals surface area contributed by atoms with E-state index >= 15 is 0 Å². The minimum atomic E-state index is 0.559. The van der Waals surface area contributed by atoms with Crippen LogP contribution in [0.4, 0.5) is 0 Å². The number of benzene rings is 3. The van der Waals surface area contributed by atoms with Crippen molar-refractivity contribution in [3.8, 4) is 11.4 Å². The van der Waals surface area contributed by atoms with Gasteiger partial charge in [0.1, 0.15) is 5.82 Å². The van der Waals surface area contributed by atoms with E-state index in [-0.39, 0.29) is 0 Å². The first kappa shape index (κ1) is 22.3. The molecule has 3 nitrogen and oxygen atoms in total. The fourth-order valence-electron chi connectivity index (χ4n) is 3.99. The summed E-state index contributed by atoms with van der Waals surface area (Å²) in [5.74, 6) is 0.953. The molecule has 2 N–H and O–H groups in total. The van der Waals surface area contributed by atoms with Crippen molar-refractivity contribution < 1.29 is 0 Å². The number of imidazole rings is 1. The Morgan fingerprint density at radius 2 is 1.82 bits per heavy atom. The van der Waals surface area contributed by atoms with Gasteiger partial charge in [0.25, 0.3) is 0 Å². The minimum Gasteiger partial charge on any atom is -0.399 e. The van der Waals surface area contributed by atoms with E-state index in [0.29, 0.717) is 5.70 Å². The standard InChI is InChI=1S/C30H31N3/c1-21(8-7-11-25-10-6-5-9-22(25)2)12-13-24-14-16-26(17-15-24)30-32-28-20-27(23(3)31)18-19-29(28)33(30)4/h5-11,14-20H,3,12-13,31H2,1-2,4H3/b11-7-,21-8+. The molecule has 0 fully saturated rings. The van der Waals surface area contributed by atoms with Crippen LogP contribution in [0.15, 0.2) is 91.0 Å². The Morgan fingerprint density at radius 3 is 2.55 bits per heavy atom. The summed E-state index contributed by atoms with van der Waals surface area (Å²) in [6.07, 6.45) is 8.60. The Balaban J connectivity index is 1.43. The predicted octanol–water partition coefficient (Wildman–Crippen LogP) is 7.07. The van der Waals surface area contributed by atoms with Crippen molar-refractivity contribution in [2.24, 2.45) is 12.8 Å². The van der Waals surface area contributed by atoms with Gasteiger partial charge >= 0.3 is 0 Å². The SMILES string of the molecule is C=C(N)c1ccc2c(c1)nc(-c1ccc(CC/C(C)=C/C=C\c3ccccc3C)cc1)n2C. The molecule has 33 heavy (non-hydrogen) atoms. The van der Waals surface area contributed by atoms with Crippen molar-refractivity contribution in [3.63, 3.8) is 0 Å². The summed E-state index contributed by atoms with van der Waals surface area (Å²) in [7, 11) is 2.05. The van der Waals surface area contributed by atoms with Crippen LogP contribution >= 0.6 is 0 Å². The topological polar surface area (TPSA) is 43.8 Å². The van der Waals surface area contributed by atoms with Gasteiger partial charge in [-0.3, -0.25) is 0 Å². The molecule has 0 spiro atoms.